The van der Waals surface area contributed by atoms with E-state index in [-0.39, 0.29) is 23.6 Å². The highest BCUT2D eigenvalue weighted by Crippen LogP contribution is 2.37. The fraction of sp³-hybridized carbons (Fsp3) is 0.318. The molecule has 27 heavy (non-hydrogen) atoms. The first-order chi connectivity index (χ1) is 12.9. The van der Waals surface area contributed by atoms with Crippen molar-refractivity contribution in [3.05, 3.63) is 70.8 Å². The summed E-state index contributed by atoms with van der Waals surface area (Å²) < 4.78 is 0. The van der Waals surface area contributed by atoms with Crippen molar-refractivity contribution in [2.24, 2.45) is 5.41 Å². The van der Waals surface area contributed by atoms with Crippen LogP contribution >= 0.6 is 0 Å². The van der Waals surface area contributed by atoms with Gasteiger partial charge >= 0.3 is 0 Å². The van der Waals surface area contributed by atoms with Gasteiger partial charge in [-0.2, -0.15) is 0 Å². The van der Waals surface area contributed by atoms with Gasteiger partial charge in [0, 0.05) is 18.7 Å². The second-order valence-corrected chi connectivity index (χ2v) is 7.76. The van der Waals surface area contributed by atoms with Gasteiger partial charge in [0.25, 0.3) is 5.91 Å². The number of carbonyl (C=O) groups excluding carboxylic acids is 3. The van der Waals surface area contributed by atoms with Crippen molar-refractivity contribution in [2.45, 2.75) is 26.3 Å². The molecule has 5 nitrogen and oxygen atoms in total. The smallest absolute Gasteiger partial charge is 0.252 e. The molecule has 0 spiro atoms. The van der Waals surface area contributed by atoms with Crippen molar-refractivity contribution in [1.29, 1.82) is 0 Å². The van der Waals surface area contributed by atoms with E-state index >= 15 is 0 Å². The van der Waals surface area contributed by atoms with Crippen LogP contribution < -0.4 is 5.32 Å². The lowest BCUT2D eigenvalue weighted by Gasteiger charge is -2.26. The number of aryl methyl sites for hydroxylation is 1. The molecule has 0 bridgehead atoms. The van der Waals surface area contributed by atoms with Crippen LogP contribution in [0.25, 0.3) is 0 Å². The number of rotatable bonds is 2. The zero-order valence-corrected chi connectivity index (χ0v) is 15.5. The Kier molecular flexibility index (Phi) is 4.10. The Bertz CT molecular complexity index is 952. The van der Waals surface area contributed by atoms with Gasteiger partial charge in [0.1, 0.15) is 0 Å². The lowest BCUT2D eigenvalue weighted by Crippen LogP contribution is -2.47. The molecule has 0 aromatic heterocycles. The van der Waals surface area contributed by atoms with Crippen molar-refractivity contribution in [3.8, 4) is 0 Å². The normalized spacial score (nSPS) is 24.1. The third kappa shape index (κ3) is 2.93. The number of nitrogens with one attached hydrogen (secondary N) is 1. The highest BCUT2D eigenvalue weighted by molar-refractivity contribution is 6.12. The summed E-state index contributed by atoms with van der Waals surface area (Å²) in [5, 5.41) is 2.97. The van der Waals surface area contributed by atoms with E-state index < -0.39 is 5.41 Å². The van der Waals surface area contributed by atoms with Crippen molar-refractivity contribution in [1.82, 2.24) is 10.2 Å². The predicted octanol–water partition coefficient (Wildman–Crippen LogP) is 2.38. The van der Waals surface area contributed by atoms with Crippen LogP contribution in [0.3, 0.4) is 0 Å². The highest BCUT2D eigenvalue weighted by atomic mass is 16.2. The van der Waals surface area contributed by atoms with E-state index in [4.69, 9.17) is 0 Å². The molecule has 138 valence electrons. The number of benzene rings is 2. The average Bonchev–Trinajstić information content (AvgIpc) is 2.95. The maximum atomic E-state index is 13.2. The molecule has 2 atom stereocenters. The summed E-state index contributed by atoms with van der Waals surface area (Å²) >= 11 is 0. The molecule has 1 fully saturated rings. The van der Waals surface area contributed by atoms with Crippen LogP contribution in [0.2, 0.25) is 0 Å². The predicted molar refractivity (Wildman–Crippen MR) is 102 cm³/mol. The molecule has 0 unspecified atom stereocenters. The minimum atomic E-state index is -0.815. The quantitative estimate of drug-likeness (QED) is 0.892. The third-order valence-corrected chi connectivity index (χ3v) is 5.72. The molecule has 2 heterocycles. The van der Waals surface area contributed by atoms with E-state index in [0.29, 0.717) is 30.6 Å². The maximum Gasteiger partial charge on any atom is 0.252 e. The molecule has 2 aromatic rings. The molecule has 0 radical (unpaired) electrons. The largest absolute Gasteiger partial charge is 0.346 e. The van der Waals surface area contributed by atoms with Crippen molar-refractivity contribution >= 4 is 17.6 Å². The topological polar surface area (TPSA) is 66.5 Å². The summed E-state index contributed by atoms with van der Waals surface area (Å²) in [4.78, 5) is 40.3. The zero-order valence-electron chi connectivity index (χ0n) is 15.5. The Morgan fingerprint density at radius 3 is 2.63 bits per heavy atom. The number of fused-ring (bicyclic) bond motifs is 2. The summed E-state index contributed by atoms with van der Waals surface area (Å²) in [6.45, 7) is 4.51. The molecule has 5 heteroatoms. The molecular formula is C22H22N2O3. The first kappa shape index (κ1) is 17.5. The van der Waals surface area contributed by atoms with E-state index in [9.17, 15) is 14.4 Å². The van der Waals surface area contributed by atoms with E-state index in [2.05, 4.69) is 5.32 Å². The number of likely N-dealkylation sites (tertiary alicyclic amines) is 1. The number of amides is 2. The summed E-state index contributed by atoms with van der Waals surface area (Å²) in [5.41, 5.74) is 2.10. The zero-order chi connectivity index (χ0) is 19.2. The molecule has 0 aliphatic carbocycles. The number of carbonyl (C=O) groups is 3. The average molecular weight is 362 g/mol. The monoisotopic (exact) mass is 362 g/mol. The van der Waals surface area contributed by atoms with Gasteiger partial charge in [-0.3, -0.25) is 14.4 Å². The van der Waals surface area contributed by atoms with Gasteiger partial charge in [-0.15, -0.1) is 0 Å². The Morgan fingerprint density at radius 1 is 1.15 bits per heavy atom. The van der Waals surface area contributed by atoms with E-state index in [1.165, 1.54) is 0 Å². The molecule has 1 saturated heterocycles. The summed E-state index contributed by atoms with van der Waals surface area (Å²) in [5.74, 6) is -0.349. The van der Waals surface area contributed by atoms with Crippen LogP contribution in [0.15, 0.2) is 48.5 Å². The van der Waals surface area contributed by atoms with Crippen LogP contribution in [-0.2, 0) is 11.2 Å². The van der Waals surface area contributed by atoms with E-state index in [0.717, 1.165) is 11.1 Å². The van der Waals surface area contributed by atoms with Crippen LogP contribution in [-0.4, -0.2) is 41.6 Å². The van der Waals surface area contributed by atoms with Gasteiger partial charge in [-0.05, 0) is 25.5 Å². The second-order valence-electron chi connectivity index (χ2n) is 7.76. The molecule has 2 amide bonds. The maximum absolute atomic E-state index is 13.2. The Hall–Kier alpha value is -2.95. The second kappa shape index (κ2) is 6.34. The van der Waals surface area contributed by atoms with Crippen molar-refractivity contribution in [2.75, 3.05) is 13.1 Å². The fourth-order valence-electron chi connectivity index (χ4n) is 4.15. The van der Waals surface area contributed by atoms with Gasteiger partial charge in [0.05, 0.1) is 23.4 Å². The highest BCUT2D eigenvalue weighted by Gasteiger charge is 2.52. The standard InChI is InChI=1S/C22H22N2O3/c1-14-6-5-7-15(10-14)11-19(25)24-12-18-22(2,13-24)20(26)16-8-3-4-9-17(16)21(27)23-18/h3-10,18H,11-13H2,1-2H3,(H,23,27)/t18-,22+/m1/s1. The Labute approximate surface area is 158 Å². The lowest BCUT2D eigenvalue weighted by atomic mass is 9.78. The van der Waals surface area contributed by atoms with Crippen LogP contribution in [0.5, 0.6) is 0 Å². The molecular weight excluding hydrogens is 340 g/mol. The van der Waals surface area contributed by atoms with Crippen LogP contribution in [0, 0.1) is 12.3 Å². The minimum absolute atomic E-state index is 0.0229. The summed E-state index contributed by atoms with van der Waals surface area (Å²) in [6.07, 6.45) is 0.295. The van der Waals surface area contributed by atoms with Gasteiger partial charge in [0.2, 0.25) is 5.91 Å². The van der Waals surface area contributed by atoms with Crippen LogP contribution in [0.4, 0.5) is 0 Å². The van der Waals surface area contributed by atoms with Crippen molar-refractivity contribution < 1.29 is 14.4 Å². The van der Waals surface area contributed by atoms with E-state index in [1.54, 1.807) is 29.2 Å². The minimum Gasteiger partial charge on any atom is -0.346 e. The molecule has 0 saturated carbocycles. The fourth-order valence-corrected chi connectivity index (χ4v) is 4.15. The Balaban J connectivity index is 1.59. The summed E-state index contributed by atoms with van der Waals surface area (Å²) in [7, 11) is 0. The van der Waals surface area contributed by atoms with Gasteiger partial charge in [0.15, 0.2) is 5.78 Å². The molecule has 2 aromatic carbocycles. The van der Waals surface area contributed by atoms with Gasteiger partial charge in [-0.1, -0.05) is 48.0 Å². The lowest BCUT2D eigenvalue weighted by molar-refractivity contribution is -0.129. The Morgan fingerprint density at radius 2 is 1.89 bits per heavy atom. The summed E-state index contributed by atoms with van der Waals surface area (Å²) in [6, 6.07) is 14.4. The SMILES string of the molecule is Cc1cccc(CC(=O)N2C[C@H]3NC(=O)c4ccccc4C(=O)[C@@]3(C)C2)c1. The first-order valence-corrected chi connectivity index (χ1v) is 9.16. The molecule has 2 aliphatic heterocycles. The van der Waals surface area contributed by atoms with Gasteiger partial charge < -0.3 is 10.2 Å². The van der Waals surface area contributed by atoms with Crippen molar-refractivity contribution in [3.63, 3.8) is 0 Å². The number of Topliss-reactive ketones (excluding diaryl/α,β-unsaturated/α-hetero) is 1. The van der Waals surface area contributed by atoms with E-state index in [1.807, 2.05) is 38.1 Å². The number of nitrogens with zero attached hydrogens (tertiary/aromatic N) is 1. The third-order valence-electron chi connectivity index (χ3n) is 5.72. The first-order valence-electron chi connectivity index (χ1n) is 9.16. The number of ketones is 1. The number of hydrogen-bond acceptors (Lipinski definition) is 3. The van der Waals surface area contributed by atoms with Gasteiger partial charge in [-0.25, -0.2) is 0 Å². The van der Waals surface area contributed by atoms with Crippen LogP contribution in [0.1, 0.15) is 38.8 Å². The number of hydrogen-bond donors (Lipinski definition) is 1. The molecule has 2 aliphatic rings. The molecule has 1 N–H and O–H groups in total. The molecule has 4 rings (SSSR count).